The minimum atomic E-state index is -3.62. The van der Waals surface area contributed by atoms with Crippen LogP contribution in [0.1, 0.15) is 30.5 Å². The summed E-state index contributed by atoms with van der Waals surface area (Å²) in [5, 5.41) is 1.03. The standard InChI is InChI=1S/C18H19N3O2S/c22-24(23,21-13-5-4-10-19-12-13)14-8-9-18-16(11-14)15-6-2-1-3-7-17(15)20-18/h4-5,8-12,20-21H,1-3,6-7H2. The Hall–Kier alpha value is -2.34. The van der Waals surface area contributed by atoms with E-state index < -0.39 is 10.0 Å². The second kappa shape index (κ2) is 5.94. The number of benzene rings is 1. The average molecular weight is 341 g/mol. The van der Waals surface area contributed by atoms with Crippen molar-refractivity contribution in [3.63, 3.8) is 0 Å². The first-order valence-electron chi connectivity index (χ1n) is 8.20. The van der Waals surface area contributed by atoms with Gasteiger partial charge in [-0.2, -0.15) is 0 Å². The second-order valence-electron chi connectivity index (χ2n) is 6.20. The maximum Gasteiger partial charge on any atom is 0.261 e. The van der Waals surface area contributed by atoms with Crippen LogP contribution in [0, 0.1) is 0 Å². The zero-order valence-electron chi connectivity index (χ0n) is 13.2. The number of aromatic amines is 1. The fourth-order valence-electron chi connectivity index (χ4n) is 3.37. The molecule has 1 aliphatic rings. The summed E-state index contributed by atoms with van der Waals surface area (Å²) in [7, 11) is -3.62. The number of nitrogens with one attached hydrogen (secondary N) is 2. The first kappa shape index (κ1) is 15.2. The number of aromatic nitrogens is 2. The molecule has 2 aromatic heterocycles. The summed E-state index contributed by atoms with van der Waals surface area (Å²) in [5.41, 5.74) is 4.02. The maximum atomic E-state index is 12.7. The number of fused-ring (bicyclic) bond motifs is 3. The molecule has 0 bridgehead atoms. The van der Waals surface area contributed by atoms with Gasteiger partial charge in [0.05, 0.1) is 16.8 Å². The number of hydrogen-bond acceptors (Lipinski definition) is 3. The molecular weight excluding hydrogens is 322 g/mol. The Morgan fingerprint density at radius 1 is 1.08 bits per heavy atom. The third-order valence-electron chi connectivity index (χ3n) is 4.54. The van der Waals surface area contributed by atoms with Crippen LogP contribution in [0.2, 0.25) is 0 Å². The number of H-pyrrole nitrogens is 1. The number of rotatable bonds is 3. The van der Waals surface area contributed by atoms with Gasteiger partial charge in [-0.3, -0.25) is 9.71 Å². The lowest BCUT2D eigenvalue weighted by Gasteiger charge is -2.08. The van der Waals surface area contributed by atoms with E-state index in [2.05, 4.69) is 14.7 Å². The number of pyridine rings is 1. The molecule has 4 rings (SSSR count). The molecule has 0 unspecified atom stereocenters. The Bertz CT molecular complexity index is 978. The van der Waals surface area contributed by atoms with Crippen LogP contribution in [0.15, 0.2) is 47.6 Å². The molecule has 2 heterocycles. The summed E-state index contributed by atoms with van der Waals surface area (Å²) in [4.78, 5) is 7.68. The highest BCUT2D eigenvalue weighted by molar-refractivity contribution is 7.92. The first-order valence-corrected chi connectivity index (χ1v) is 9.68. The van der Waals surface area contributed by atoms with Crippen LogP contribution in [0.5, 0.6) is 0 Å². The highest BCUT2D eigenvalue weighted by atomic mass is 32.2. The van der Waals surface area contributed by atoms with Crippen molar-refractivity contribution in [1.29, 1.82) is 0 Å². The molecule has 0 radical (unpaired) electrons. The Morgan fingerprint density at radius 2 is 1.96 bits per heavy atom. The van der Waals surface area contributed by atoms with Crippen molar-refractivity contribution in [2.75, 3.05) is 4.72 Å². The van der Waals surface area contributed by atoms with Crippen LogP contribution in [-0.4, -0.2) is 18.4 Å². The summed E-state index contributed by atoms with van der Waals surface area (Å²) in [6.07, 6.45) is 8.73. The van der Waals surface area contributed by atoms with Crippen molar-refractivity contribution in [2.24, 2.45) is 0 Å². The molecule has 3 aromatic rings. The van der Waals surface area contributed by atoms with Gasteiger partial charge >= 0.3 is 0 Å². The van der Waals surface area contributed by atoms with Crippen LogP contribution in [0.3, 0.4) is 0 Å². The minimum absolute atomic E-state index is 0.282. The van der Waals surface area contributed by atoms with Crippen molar-refractivity contribution >= 4 is 26.6 Å². The highest BCUT2D eigenvalue weighted by Gasteiger charge is 2.19. The van der Waals surface area contributed by atoms with E-state index in [0.29, 0.717) is 5.69 Å². The van der Waals surface area contributed by atoms with E-state index in [1.807, 2.05) is 6.07 Å². The fourth-order valence-corrected chi connectivity index (χ4v) is 4.44. The molecule has 6 heteroatoms. The predicted octanol–water partition coefficient (Wildman–Crippen LogP) is 3.63. The van der Waals surface area contributed by atoms with Gasteiger partial charge in [0.15, 0.2) is 0 Å². The van der Waals surface area contributed by atoms with E-state index in [9.17, 15) is 8.42 Å². The highest BCUT2D eigenvalue weighted by Crippen LogP contribution is 2.30. The molecule has 24 heavy (non-hydrogen) atoms. The lowest BCUT2D eigenvalue weighted by Crippen LogP contribution is -2.12. The molecule has 0 amide bonds. The van der Waals surface area contributed by atoms with Crippen molar-refractivity contribution < 1.29 is 8.42 Å². The maximum absolute atomic E-state index is 12.7. The Balaban J connectivity index is 1.75. The normalized spacial score (nSPS) is 15.0. The molecule has 1 aromatic carbocycles. The van der Waals surface area contributed by atoms with E-state index in [4.69, 9.17) is 0 Å². The Labute approximate surface area is 141 Å². The molecule has 0 aliphatic heterocycles. The van der Waals surface area contributed by atoms with Gasteiger partial charge in [0.25, 0.3) is 10.0 Å². The number of aryl methyl sites for hydroxylation is 2. The van der Waals surface area contributed by atoms with Crippen LogP contribution >= 0.6 is 0 Å². The SMILES string of the molecule is O=S(=O)(Nc1cccnc1)c1ccc2[nH]c3c(c2c1)CCCCC3. The molecule has 0 saturated heterocycles. The molecule has 0 atom stereocenters. The molecule has 1 aliphatic carbocycles. The van der Waals surface area contributed by atoms with Gasteiger partial charge in [0, 0.05) is 22.8 Å². The second-order valence-corrected chi connectivity index (χ2v) is 7.88. The molecule has 124 valence electrons. The van der Waals surface area contributed by atoms with Crippen LogP contribution in [0.4, 0.5) is 5.69 Å². The molecule has 0 spiro atoms. The van der Waals surface area contributed by atoms with Crippen molar-refractivity contribution in [1.82, 2.24) is 9.97 Å². The van der Waals surface area contributed by atoms with Crippen molar-refractivity contribution in [2.45, 2.75) is 37.0 Å². The minimum Gasteiger partial charge on any atom is -0.358 e. The topological polar surface area (TPSA) is 74.8 Å². The summed E-state index contributed by atoms with van der Waals surface area (Å²) >= 11 is 0. The summed E-state index contributed by atoms with van der Waals surface area (Å²) in [6.45, 7) is 0. The largest absolute Gasteiger partial charge is 0.358 e. The lowest BCUT2D eigenvalue weighted by atomic mass is 10.1. The number of hydrogen-bond donors (Lipinski definition) is 2. The van der Waals surface area contributed by atoms with Crippen molar-refractivity contribution in [3.05, 3.63) is 54.0 Å². The van der Waals surface area contributed by atoms with E-state index in [1.54, 1.807) is 30.5 Å². The quantitative estimate of drug-likeness (QED) is 0.714. The zero-order valence-corrected chi connectivity index (χ0v) is 14.1. The monoisotopic (exact) mass is 341 g/mol. The van der Waals surface area contributed by atoms with Crippen molar-refractivity contribution in [3.8, 4) is 0 Å². The third-order valence-corrected chi connectivity index (χ3v) is 5.92. The van der Waals surface area contributed by atoms with E-state index in [0.717, 1.165) is 30.2 Å². The van der Waals surface area contributed by atoms with E-state index in [1.165, 1.54) is 30.3 Å². The molecule has 2 N–H and O–H groups in total. The van der Waals surface area contributed by atoms with Gasteiger partial charge in [-0.25, -0.2) is 8.42 Å². The zero-order chi connectivity index (χ0) is 16.6. The van der Waals surface area contributed by atoms with Crippen LogP contribution in [0.25, 0.3) is 10.9 Å². The molecule has 0 saturated carbocycles. The van der Waals surface area contributed by atoms with Gasteiger partial charge in [-0.05, 0) is 61.6 Å². The van der Waals surface area contributed by atoms with Crippen LogP contribution < -0.4 is 4.72 Å². The summed E-state index contributed by atoms with van der Waals surface area (Å²) in [6, 6.07) is 8.69. The van der Waals surface area contributed by atoms with Gasteiger partial charge < -0.3 is 4.98 Å². The van der Waals surface area contributed by atoms with Gasteiger partial charge in [0.2, 0.25) is 0 Å². The Kier molecular flexibility index (Phi) is 3.76. The van der Waals surface area contributed by atoms with Gasteiger partial charge in [-0.15, -0.1) is 0 Å². The molecule has 5 nitrogen and oxygen atoms in total. The molecule has 0 fully saturated rings. The summed E-state index contributed by atoms with van der Waals surface area (Å²) in [5.74, 6) is 0. The van der Waals surface area contributed by atoms with Crippen LogP contribution in [-0.2, 0) is 22.9 Å². The van der Waals surface area contributed by atoms with Gasteiger partial charge in [-0.1, -0.05) is 6.42 Å². The number of nitrogens with zero attached hydrogens (tertiary/aromatic N) is 1. The summed E-state index contributed by atoms with van der Waals surface area (Å²) < 4.78 is 27.9. The predicted molar refractivity (Wildman–Crippen MR) is 94.6 cm³/mol. The average Bonchev–Trinajstić information content (AvgIpc) is 2.75. The Morgan fingerprint density at radius 3 is 2.79 bits per heavy atom. The number of anilines is 1. The smallest absolute Gasteiger partial charge is 0.261 e. The first-order chi connectivity index (χ1) is 11.6. The third kappa shape index (κ3) is 2.78. The van der Waals surface area contributed by atoms with E-state index >= 15 is 0 Å². The number of sulfonamides is 1. The molecular formula is C18H19N3O2S. The lowest BCUT2D eigenvalue weighted by molar-refractivity contribution is 0.601. The van der Waals surface area contributed by atoms with E-state index in [-0.39, 0.29) is 4.90 Å². The van der Waals surface area contributed by atoms with Gasteiger partial charge in [0.1, 0.15) is 0 Å². The fraction of sp³-hybridized carbons (Fsp3) is 0.278.